The highest BCUT2D eigenvalue weighted by molar-refractivity contribution is 7.11. The van der Waals surface area contributed by atoms with E-state index in [0.717, 1.165) is 25.4 Å². The highest BCUT2D eigenvalue weighted by Gasteiger charge is 2.22. The van der Waals surface area contributed by atoms with Crippen LogP contribution in [0, 0.1) is 5.92 Å². The molecule has 108 valence electrons. The van der Waals surface area contributed by atoms with Gasteiger partial charge in [0.1, 0.15) is 0 Å². The Balaban J connectivity index is 2.08. The molecule has 0 atom stereocenters. The smallest absolute Gasteiger partial charge is 0.0962 e. The third-order valence-electron chi connectivity index (χ3n) is 3.81. The fraction of sp³-hybridized carbons (Fsp3) is 0.812. The molecule has 0 spiro atoms. The van der Waals surface area contributed by atoms with Crippen LogP contribution in [-0.4, -0.2) is 11.5 Å². The van der Waals surface area contributed by atoms with E-state index in [2.05, 4.69) is 26.1 Å². The number of rotatable bonds is 7. The van der Waals surface area contributed by atoms with Gasteiger partial charge in [-0.1, -0.05) is 33.6 Å². The van der Waals surface area contributed by atoms with Crippen LogP contribution in [0.2, 0.25) is 0 Å². The van der Waals surface area contributed by atoms with E-state index < -0.39 is 0 Å². The van der Waals surface area contributed by atoms with Crippen LogP contribution in [0.15, 0.2) is 0 Å². The highest BCUT2D eigenvalue weighted by Crippen LogP contribution is 2.37. The molecule has 0 unspecified atom stereocenters. The first-order valence-electron chi connectivity index (χ1n) is 7.89. The summed E-state index contributed by atoms with van der Waals surface area (Å²) < 4.78 is 0. The SMILES string of the molecule is CCCNCc1sc(C2CCCC2)nc1CC(C)C. The normalized spacial score (nSPS) is 16.6. The van der Waals surface area contributed by atoms with E-state index in [9.17, 15) is 0 Å². The van der Waals surface area contributed by atoms with Crippen molar-refractivity contribution in [3.63, 3.8) is 0 Å². The average Bonchev–Trinajstić information content (AvgIpc) is 2.98. The molecule has 0 aliphatic heterocycles. The van der Waals surface area contributed by atoms with E-state index >= 15 is 0 Å². The van der Waals surface area contributed by atoms with Crippen molar-refractivity contribution in [1.29, 1.82) is 0 Å². The van der Waals surface area contributed by atoms with Gasteiger partial charge in [0.25, 0.3) is 0 Å². The van der Waals surface area contributed by atoms with E-state index in [4.69, 9.17) is 4.98 Å². The second-order valence-corrected chi connectivity index (χ2v) is 7.29. The molecule has 1 aliphatic rings. The van der Waals surface area contributed by atoms with Crippen LogP contribution < -0.4 is 5.32 Å². The van der Waals surface area contributed by atoms with Gasteiger partial charge < -0.3 is 5.32 Å². The minimum absolute atomic E-state index is 0.698. The summed E-state index contributed by atoms with van der Waals surface area (Å²) in [5, 5.41) is 4.96. The van der Waals surface area contributed by atoms with E-state index in [-0.39, 0.29) is 0 Å². The quantitative estimate of drug-likeness (QED) is 0.744. The molecule has 2 nitrogen and oxygen atoms in total. The zero-order chi connectivity index (χ0) is 13.7. The van der Waals surface area contributed by atoms with E-state index in [1.54, 1.807) is 0 Å². The van der Waals surface area contributed by atoms with Crippen molar-refractivity contribution in [2.45, 2.75) is 71.8 Å². The third kappa shape index (κ3) is 4.28. The van der Waals surface area contributed by atoms with Crippen molar-refractivity contribution < 1.29 is 0 Å². The van der Waals surface area contributed by atoms with Crippen LogP contribution in [0.25, 0.3) is 0 Å². The number of nitrogens with one attached hydrogen (secondary N) is 1. The molecule has 1 aromatic heterocycles. The molecule has 0 saturated heterocycles. The van der Waals surface area contributed by atoms with Crippen molar-refractivity contribution >= 4 is 11.3 Å². The second-order valence-electron chi connectivity index (χ2n) is 6.18. The Bertz CT molecular complexity index is 378. The first-order chi connectivity index (χ1) is 9.20. The maximum Gasteiger partial charge on any atom is 0.0962 e. The lowest BCUT2D eigenvalue weighted by atomic mass is 10.1. The number of nitrogens with zero attached hydrogens (tertiary/aromatic N) is 1. The summed E-state index contributed by atoms with van der Waals surface area (Å²) in [6.07, 6.45) is 7.84. The third-order valence-corrected chi connectivity index (χ3v) is 5.07. The average molecular weight is 280 g/mol. The Hall–Kier alpha value is -0.410. The van der Waals surface area contributed by atoms with Crippen molar-refractivity contribution in [1.82, 2.24) is 10.3 Å². The Labute approximate surface area is 122 Å². The summed E-state index contributed by atoms with van der Waals surface area (Å²) in [6.45, 7) is 8.92. The van der Waals surface area contributed by atoms with Gasteiger partial charge in [0.05, 0.1) is 10.7 Å². The van der Waals surface area contributed by atoms with Gasteiger partial charge in [0.2, 0.25) is 0 Å². The molecular weight excluding hydrogens is 252 g/mol. The van der Waals surface area contributed by atoms with Crippen molar-refractivity contribution in [2.24, 2.45) is 5.92 Å². The van der Waals surface area contributed by atoms with Crippen molar-refractivity contribution in [3.8, 4) is 0 Å². The number of thiazole rings is 1. The molecule has 1 aliphatic carbocycles. The summed E-state index contributed by atoms with van der Waals surface area (Å²) >= 11 is 1.98. The maximum absolute atomic E-state index is 4.99. The van der Waals surface area contributed by atoms with Crippen molar-refractivity contribution in [3.05, 3.63) is 15.6 Å². The van der Waals surface area contributed by atoms with Gasteiger partial charge in [-0.15, -0.1) is 11.3 Å². The predicted molar refractivity (Wildman–Crippen MR) is 83.9 cm³/mol. The zero-order valence-electron chi connectivity index (χ0n) is 12.7. The summed E-state index contributed by atoms with van der Waals surface area (Å²) in [5.74, 6) is 1.46. The molecule has 0 aromatic carbocycles. The Morgan fingerprint density at radius 1 is 1.32 bits per heavy atom. The van der Waals surface area contributed by atoms with Gasteiger partial charge in [0.15, 0.2) is 0 Å². The van der Waals surface area contributed by atoms with Gasteiger partial charge >= 0.3 is 0 Å². The molecule has 1 aromatic rings. The zero-order valence-corrected chi connectivity index (χ0v) is 13.5. The Morgan fingerprint density at radius 2 is 2.05 bits per heavy atom. The summed E-state index contributed by atoms with van der Waals surface area (Å²) in [5.41, 5.74) is 1.37. The summed E-state index contributed by atoms with van der Waals surface area (Å²) in [6, 6.07) is 0. The molecule has 1 N–H and O–H groups in total. The molecule has 0 radical (unpaired) electrons. The minimum Gasteiger partial charge on any atom is -0.312 e. The van der Waals surface area contributed by atoms with Gasteiger partial charge in [-0.2, -0.15) is 0 Å². The molecular formula is C16H28N2S. The van der Waals surface area contributed by atoms with E-state index in [1.165, 1.54) is 47.7 Å². The first kappa shape index (κ1) is 15.0. The van der Waals surface area contributed by atoms with Crippen LogP contribution in [0.4, 0.5) is 0 Å². The molecule has 1 saturated carbocycles. The maximum atomic E-state index is 4.99. The topological polar surface area (TPSA) is 24.9 Å². The second kappa shape index (κ2) is 7.39. The lowest BCUT2D eigenvalue weighted by Gasteiger charge is -2.05. The van der Waals surface area contributed by atoms with E-state index in [1.807, 2.05) is 11.3 Å². The predicted octanol–water partition coefficient (Wildman–Crippen LogP) is 4.50. The largest absolute Gasteiger partial charge is 0.312 e. The molecule has 0 bridgehead atoms. The Kier molecular flexibility index (Phi) is 5.83. The van der Waals surface area contributed by atoms with Crippen molar-refractivity contribution in [2.75, 3.05) is 6.54 Å². The molecule has 3 heteroatoms. The standard InChI is InChI=1S/C16H28N2S/c1-4-9-17-11-15-14(10-12(2)3)18-16(19-15)13-7-5-6-8-13/h12-13,17H,4-11H2,1-3H3. The molecule has 19 heavy (non-hydrogen) atoms. The van der Waals surface area contributed by atoms with E-state index in [0.29, 0.717) is 5.92 Å². The van der Waals surface area contributed by atoms with Gasteiger partial charge in [-0.3, -0.25) is 0 Å². The molecule has 0 amide bonds. The van der Waals surface area contributed by atoms with Gasteiger partial charge in [0, 0.05) is 17.3 Å². The number of hydrogen-bond acceptors (Lipinski definition) is 3. The lowest BCUT2D eigenvalue weighted by Crippen LogP contribution is -2.14. The summed E-state index contributed by atoms with van der Waals surface area (Å²) in [7, 11) is 0. The van der Waals surface area contributed by atoms with Crippen LogP contribution >= 0.6 is 11.3 Å². The number of aromatic nitrogens is 1. The lowest BCUT2D eigenvalue weighted by molar-refractivity contribution is 0.618. The summed E-state index contributed by atoms with van der Waals surface area (Å²) in [4.78, 5) is 6.48. The Morgan fingerprint density at radius 3 is 2.68 bits per heavy atom. The molecule has 2 rings (SSSR count). The molecule has 1 heterocycles. The monoisotopic (exact) mass is 280 g/mol. The highest BCUT2D eigenvalue weighted by atomic mass is 32.1. The fourth-order valence-corrected chi connectivity index (χ4v) is 4.05. The van der Waals surface area contributed by atoms with Crippen LogP contribution in [0.3, 0.4) is 0 Å². The van der Waals surface area contributed by atoms with Crippen LogP contribution in [0.1, 0.15) is 74.4 Å². The van der Waals surface area contributed by atoms with Gasteiger partial charge in [-0.25, -0.2) is 4.98 Å². The van der Waals surface area contributed by atoms with Gasteiger partial charge in [-0.05, 0) is 38.1 Å². The minimum atomic E-state index is 0.698. The fourth-order valence-electron chi connectivity index (χ4n) is 2.81. The first-order valence-corrected chi connectivity index (χ1v) is 8.71. The number of hydrogen-bond donors (Lipinski definition) is 1. The van der Waals surface area contributed by atoms with Crippen LogP contribution in [0.5, 0.6) is 0 Å². The van der Waals surface area contributed by atoms with Crippen LogP contribution in [-0.2, 0) is 13.0 Å². The molecule has 1 fully saturated rings.